The Morgan fingerprint density at radius 3 is 2.23 bits per heavy atom. The first-order valence-electron chi connectivity index (χ1n) is 11.0. The number of carbonyl (C=O) groups is 1. The number of hydrogen-bond acceptors (Lipinski definition) is 4. The largest absolute Gasteiger partial charge is 0.447 e. The van der Waals surface area contributed by atoms with Crippen molar-refractivity contribution < 1.29 is 9.21 Å². The summed E-state index contributed by atoms with van der Waals surface area (Å²) in [6, 6.07) is 19.2. The van der Waals surface area contributed by atoms with E-state index in [1.165, 1.54) is 23.0 Å². The molecule has 1 atom stereocenters. The summed E-state index contributed by atoms with van der Waals surface area (Å²) in [6.07, 6.45) is 2.32. The van der Waals surface area contributed by atoms with Crippen molar-refractivity contribution in [3.05, 3.63) is 89.1 Å². The number of rotatable bonds is 10. The van der Waals surface area contributed by atoms with Gasteiger partial charge in [-0.15, -0.1) is 0 Å². The molecule has 0 aliphatic carbocycles. The predicted octanol–water partition coefficient (Wildman–Crippen LogP) is 5.53. The van der Waals surface area contributed by atoms with Gasteiger partial charge in [0, 0.05) is 19.1 Å². The quantitative estimate of drug-likeness (QED) is 0.469. The van der Waals surface area contributed by atoms with Crippen molar-refractivity contribution in [2.24, 2.45) is 0 Å². The first-order chi connectivity index (χ1) is 14.9. The van der Waals surface area contributed by atoms with E-state index < -0.39 is 0 Å². The normalized spacial score (nSPS) is 12.3. The van der Waals surface area contributed by atoms with E-state index in [9.17, 15) is 4.79 Å². The Morgan fingerprint density at radius 2 is 1.61 bits per heavy atom. The monoisotopic (exact) mass is 419 g/mol. The van der Waals surface area contributed by atoms with Crippen molar-refractivity contribution in [2.75, 3.05) is 0 Å². The lowest BCUT2D eigenvalue weighted by Gasteiger charge is -2.21. The molecule has 0 unspecified atom stereocenters. The summed E-state index contributed by atoms with van der Waals surface area (Å²) in [5, 5.41) is 2.93. The predicted molar refractivity (Wildman–Crippen MR) is 124 cm³/mol. The fraction of sp³-hybridized carbons (Fsp3) is 0.385. The molecule has 2 aromatic carbocycles. The molecule has 1 heterocycles. The maximum atomic E-state index is 12.3. The van der Waals surface area contributed by atoms with Crippen LogP contribution in [-0.2, 0) is 19.6 Å². The second-order valence-electron chi connectivity index (χ2n) is 8.44. The highest BCUT2D eigenvalue weighted by Gasteiger charge is 2.17. The molecule has 0 fully saturated rings. The minimum absolute atomic E-state index is 0.107. The van der Waals surface area contributed by atoms with Crippen LogP contribution in [0.15, 0.2) is 65.3 Å². The second kappa shape index (κ2) is 10.9. The molecule has 0 saturated carbocycles. The first kappa shape index (κ1) is 22.8. The minimum Gasteiger partial charge on any atom is -0.447 e. The summed E-state index contributed by atoms with van der Waals surface area (Å²) in [6.45, 7) is 10.5. The lowest BCUT2D eigenvalue weighted by Crippen LogP contribution is -2.32. The number of amides is 1. The highest BCUT2D eigenvalue weighted by Crippen LogP contribution is 2.18. The first-order valence-corrected chi connectivity index (χ1v) is 11.0. The molecule has 5 heteroatoms. The Hall–Kier alpha value is -2.92. The van der Waals surface area contributed by atoms with Gasteiger partial charge in [0.1, 0.15) is 6.26 Å². The van der Waals surface area contributed by atoms with Crippen LogP contribution in [0.4, 0.5) is 0 Å². The zero-order chi connectivity index (χ0) is 22.2. The molecule has 5 nitrogen and oxygen atoms in total. The van der Waals surface area contributed by atoms with Crippen LogP contribution in [0.2, 0.25) is 0 Å². The number of aromatic nitrogens is 1. The van der Waals surface area contributed by atoms with Gasteiger partial charge in [-0.05, 0) is 36.0 Å². The maximum absolute atomic E-state index is 12.3. The van der Waals surface area contributed by atoms with Gasteiger partial charge in [-0.1, -0.05) is 75.4 Å². The molecule has 3 rings (SSSR count). The van der Waals surface area contributed by atoms with Gasteiger partial charge in [0.05, 0.1) is 6.54 Å². The summed E-state index contributed by atoms with van der Waals surface area (Å²) in [4.78, 5) is 19.1. The minimum atomic E-state index is -0.191. The average molecular weight is 420 g/mol. The molecule has 0 saturated heterocycles. The van der Waals surface area contributed by atoms with Crippen molar-refractivity contribution in [3.8, 4) is 0 Å². The third kappa shape index (κ3) is 6.79. The van der Waals surface area contributed by atoms with E-state index in [0.717, 1.165) is 19.5 Å². The summed E-state index contributed by atoms with van der Waals surface area (Å²) in [7, 11) is 0. The summed E-state index contributed by atoms with van der Waals surface area (Å²) in [5.41, 5.74) is 4.13. The smallest absolute Gasteiger partial charge is 0.273 e. The van der Waals surface area contributed by atoms with Crippen molar-refractivity contribution in [1.82, 2.24) is 15.2 Å². The molecule has 164 valence electrons. The maximum Gasteiger partial charge on any atom is 0.273 e. The van der Waals surface area contributed by atoms with Crippen LogP contribution in [0.3, 0.4) is 0 Å². The molecule has 31 heavy (non-hydrogen) atoms. The van der Waals surface area contributed by atoms with E-state index in [1.807, 2.05) is 32.0 Å². The topological polar surface area (TPSA) is 58.4 Å². The summed E-state index contributed by atoms with van der Waals surface area (Å²) < 4.78 is 5.64. The lowest BCUT2D eigenvalue weighted by molar-refractivity contribution is 0.0934. The van der Waals surface area contributed by atoms with Crippen molar-refractivity contribution in [3.63, 3.8) is 0 Å². The molecule has 1 aromatic heterocycles. The van der Waals surface area contributed by atoms with Crippen LogP contribution in [0.1, 0.15) is 73.1 Å². The van der Waals surface area contributed by atoms with Crippen LogP contribution in [0, 0.1) is 0 Å². The molecule has 1 N–H and O–H groups in total. The van der Waals surface area contributed by atoms with Crippen LogP contribution in [-0.4, -0.2) is 21.8 Å². The lowest BCUT2D eigenvalue weighted by atomic mass is 10.0. The molecule has 0 bridgehead atoms. The standard InChI is InChI=1S/C26H33N3O2/c1-5-20(4)27-26(30)24-18-31-25(28-24)17-29(15-21-9-7-6-8-10-21)16-22-11-13-23(14-12-22)19(2)3/h6-14,18-20H,5,15-17H2,1-4H3,(H,27,30)/t20-/m0/s1. The van der Waals surface area contributed by atoms with E-state index in [2.05, 4.69) is 65.4 Å². The van der Waals surface area contributed by atoms with Crippen LogP contribution < -0.4 is 5.32 Å². The number of hydrogen-bond donors (Lipinski definition) is 1. The SMILES string of the molecule is CC[C@H](C)NC(=O)c1coc(CN(Cc2ccccc2)Cc2ccc(C(C)C)cc2)n1. The zero-order valence-electron chi connectivity index (χ0n) is 19.0. The molecule has 3 aromatic rings. The Labute approximate surface area is 185 Å². The third-order valence-electron chi connectivity index (χ3n) is 5.43. The van der Waals surface area contributed by atoms with Gasteiger partial charge >= 0.3 is 0 Å². The van der Waals surface area contributed by atoms with Crippen molar-refractivity contribution >= 4 is 5.91 Å². The fourth-order valence-electron chi connectivity index (χ4n) is 3.35. The van der Waals surface area contributed by atoms with Gasteiger partial charge in [-0.2, -0.15) is 0 Å². The van der Waals surface area contributed by atoms with Crippen molar-refractivity contribution in [2.45, 2.75) is 65.7 Å². The highest BCUT2D eigenvalue weighted by atomic mass is 16.3. The number of oxazole rings is 1. The van der Waals surface area contributed by atoms with E-state index in [4.69, 9.17) is 4.42 Å². The van der Waals surface area contributed by atoms with Crippen LogP contribution in [0.25, 0.3) is 0 Å². The van der Waals surface area contributed by atoms with Crippen LogP contribution in [0.5, 0.6) is 0 Å². The van der Waals surface area contributed by atoms with E-state index in [0.29, 0.717) is 24.0 Å². The Bertz CT molecular complexity index is 948. The summed E-state index contributed by atoms with van der Waals surface area (Å²) in [5.74, 6) is 0.869. The van der Waals surface area contributed by atoms with Gasteiger partial charge in [0.15, 0.2) is 5.69 Å². The molecule has 1 amide bonds. The number of benzene rings is 2. The molecular formula is C26H33N3O2. The number of nitrogens with zero attached hydrogens (tertiary/aromatic N) is 2. The Morgan fingerprint density at radius 1 is 0.968 bits per heavy atom. The van der Waals surface area contributed by atoms with Gasteiger partial charge in [0.25, 0.3) is 5.91 Å². The second-order valence-corrected chi connectivity index (χ2v) is 8.44. The van der Waals surface area contributed by atoms with E-state index in [1.54, 1.807) is 0 Å². The van der Waals surface area contributed by atoms with Gasteiger partial charge in [-0.25, -0.2) is 4.98 Å². The molecule has 0 aliphatic rings. The third-order valence-corrected chi connectivity index (χ3v) is 5.43. The number of nitrogens with one attached hydrogen (secondary N) is 1. The van der Waals surface area contributed by atoms with E-state index >= 15 is 0 Å². The Kier molecular flexibility index (Phi) is 8.01. The molecule has 0 aliphatic heterocycles. The molecule has 0 radical (unpaired) electrons. The van der Waals surface area contributed by atoms with Gasteiger partial charge < -0.3 is 9.73 Å². The van der Waals surface area contributed by atoms with Gasteiger partial charge in [0.2, 0.25) is 5.89 Å². The Balaban J connectivity index is 1.73. The van der Waals surface area contributed by atoms with E-state index in [-0.39, 0.29) is 11.9 Å². The molecular weight excluding hydrogens is 386 g/mol. The van der Waals surface area contributed by atoms with Gasteiger partial charge in [-0.3, -0.25) is 9.69 Å². The highest BCUT2D eigenvalue weighted by molar-refractivity contribution is 5.92. The average Bonchev–Trinajstić information content (AvgIpc) is 3.23. The van der Waals surface area contributed by atoms with Crippen molar-refractivity contribution in [1.29, 1.82) is 0 Å². The zero-order valence-corrected chi connectivity index (χ0v) is 19.0. The number of carbonyl (C=O) groups excluding carboxylic acids is 1. The fourth-order valence-corrected chi connectivity index (χ4v) is 3.35. The summed E-state index contributed by atoms with van der Waals surface area (Å²) >= 11 is 0. The van der Waals surface area contributed by atoms with Crippen LogP contribution >= 0.6 is 0 Å². The molecule has 0 spiro atoms.